The van der Waals surface area contributed by atoms with Crippen molar-refractivity contribution in [1.29, 1.82) is 0 Å². The van der Waals surface area contributed by atoms with Crippen molar-refractivity contribution in [2.75, 3.05) is 14.2 Å². The maximum atomic E-state index is 11.9. The van der Waals surface area contributed by atoms with E-state index in [1.165, 1.54) is 7.11 Å². The van der Waals surface area contributed by atoms with Crippen LogP contribution in [0.2, 0.25) is 0 Å². The molecule has 0 radical (unpaired) electrons. The summed E-state index contributed by atoms with van der Waals surface area (Å²) in [6, 6.07) is 23.4. The highest BCUT2D eigenvalue weighted by Crippen LogP contribution is 2.31. The van der Waals surface area contributed by atoms with Crippen molar-refractivity contribution in [2.45, 2.75) is 17.8 Å². The highest BCUT2D eigenvalue weighted by Gasteiger charge is 2.18. The Bertz CT molecular complexity index is 1240. The summed E-state index contributed by atoms with van der Waals surface area (Å²) in [6.07, 6.45) is 0. The normalized spacial score (nSPS) is 10.7. The van der Waals surface area contributed by atoms with Crippen molar-refractivity contribution >= 4 is 17.7 Å². The maximum absolute atomic E-state index is 11.9. The molecular formula is C25H23N3O3S. The molecule has 162 valence electrons. The van der Waals surface area contributed by atoms with E-state index in [4.69, 9.17) is 9.47 Å². The van der Waals surface area contributed by atoms with E-state index in [0.717, 1.165) is 39.1 Å². The van der Waals surface area contributed by atoms with Crippen LogP contribution >= 0.6 is 11.8 Å². The number of nitrogens with zero attached hydrogens (tertiary/aromatic N) is 3. The summed E-state index contributed by atoms with van der Waals surface area (Å²) >= 11 is 1.57. The SMILES string of the molecule is COC(=O)c1cccc(CSc2nnc(-c3ccc(OC)cc3)n2-c2ccccc2C)c1. The molecule has 1 heterocycles. The van der Waals surface area contributed by atoms with Crippen LogP contribution in [0.1, 0.15) is 21.5 Å². The van der Waals surface area contributed by atoms with Gasteiger partial charge in [0.15, 0.2) is 11.0 Å². The van der Waals surface area contributed by atoms with Gasteiger partial charge in [0.25, 0.3) is 0 Å². The first-order valence-electron chi connectivity index (χ1n) is 10.1. The molecule has 0 atom stereocenters. The van der Waals surface area contributed by atoms with Gasteiger partial charge in [0, 0.05) is 11.3 Å². The minimum absolute atomic E-state index is 0.346. The molecule has 4 aromatic rings. The van der Waals surface area contributed by atoms with Gasteiger partial charge in [-0.1, -0.05) is 42.1 Å². The van der Waals surface area contributed by atoms with E-state index in [9.17, 15) is 4.79 Å². The maximum Gasteiger partial charge on any atom is 0.337 e. The number of aryl methyl sites for hydroxylation is 1. The molecule has 0 bridgehead atoms. The van der Waals surface area contributed by atoms with Gasteiger partial charge in [0.1, 0.15) is 5.75 Å². The zero-order valence-corrected chi connectivity index (χ0v) is 18.9. The van der Waals surface area contributed by atoms with Gasteiger partial charge in [-0.2, -0.15) is 0 Å². The molecule has 1 aromatic heterocycles. The van der Waals surface area contributed by atoms with Crippen LogP contribution in [0.15, 0.2) is 78.0 Å². The van der Waals surface area contributed by atoms with Gasteiger partial charge >= 0.3 is 5.97 Å². The van der Waals surface area contributed by atoms with Gasteiger partial charge in [-0.3, -0.25) is 4.57 Å². The minimum atomic E-state index is -0.346. The van der Waals surface area contributed by atoms with Crippen LogP contribution in [0.5, 0.6) is 5.75 Å². The van der Waals surface area contributed by atoms with E-state index in [-0.39, 0.29) is 5.97 Å². The first kappa shape index (κ1) is 21.6. The largest absolute Gasteiger partial charge is 0.497 e. The molecule has 3 aromatic carbocycles. The van der Waals surface area contributed by atoms with Crippen LogP contribution < -0.4 is 4.74 Å². The number of esters is 1. The topological polar surface area (TPSA) is 66.2 Å². The van der Waals surface area contributed by atoms with Gasteiger partial charge < -0.3 is 9.47 Å². The molecule has 7 heteroatoms. The molecule has 0 saturated heterocycles. The van der Waals surface area contributed by atoms with Gasteiger partial charge in [-0.15, -0.1) is 10.2 Å². The predicted octanol–water partition coefficient (Wildman–Crippen LogP) is 5.33. The molecule has 0 amide bonds. The van der Waals surface area contributed by atoms with Crippen molar-refractivity contribution in [2.24, 2.45) is 0 Å². The second-order valence-corrected chi connectivity index (χ2v) is 8.08. The number of para-hydroxylation sites is 1. The zero-order chi connectivity index (χ0) is 22.5. The smallest absolute Gasteiger partial charge is 0.337 e. The molecule has 0 saturated carbocycles. The summed E-state index contributed by atoms with van der Waals surface area (Å²) in [7, 11) is 3.03. The Morgan fingerprint density at radius 3 is 2.47 bits per heavy atom. The molecule has 32 heavy (non-hydrogen) atoms. The standard InChI is InChI=1S/C25H23N3O3S/c1-17-7-4-5-10-22(17)28-23(19-11-13-21(30-2)14-12-19)26-27-25(28)32-16-18-8-6-9-20(15-18)24(29)31-3/h4-15H,16H2,1-3H3. The average molecular weight is 446 g/mol. The number of benzene rings is 3. The third-order valence-electron chi connectivity index (χ3n) is 5.05. The van der Waals surface area contributed by atoms with E-state index in [1.54, 1.807) is 24.9 Å². The molecule has 0 aliphatic rings. The summed E-state index contributed by atoms with van der Waals surface area (Å²) < 4.78 is 12.2. The van der Waals surface area contributed by atoms with Gasteiger partial charge in [0.2, 0.25) is 0 Å². The lowest BCUT2D eigenvalue weighted by Crippen LogP contribution is -2.03. The molecule has 0 unspecified atom stereocenters. The highest BCUT2D eigenvalue weighted by molar-refractivity contribution is 7.98. The molecule has 0 aliphatic carbocycles. The Morgan fingerprint density at radius 1 is 0.969 bits per heavy atom. The molecular weight excluding hydrogens is 422 g/mol. The highest BCUT2D eigenvalue weighted by atomic mass is 32.2. The first-order valence-corrected chi connectivity index (χ1v) is 11.0. The lowest BCUT2D eigenvalue weighted by atomic mass is 10.1. The van der Waals surface area contributed by atoms with E-state index in [0.29, 0.717) is 11.3 Å². The summed E-state index contributed by atoms with van der Waals surface area (Å²) in [5, 5.41) is 9.77. The number of thioether (sulfide) groups is 1. The Labute approximate surface area is 191 Å². The quantitative estimate of drug-likeness (QED) is 0.283. The van der Waals surface area contributed by atoms with E-state index in [2.05, 4.69) is 33.8 Å². The number of ether oxygens (including phenoxy) is 2. The van der Waals surface area contributed by atoms with Crippen molar-refractivity contribution < 1.29 is 14.3 Å². The number of carbonyl (C=O) groups is 1. The predicted molar refractivity (Wildman–Crippen MR) is 125 cm³/mol. The third kappa shape index (κ3) is 4.53. The molecule has 0 aliphatic heterocycles. The number of carbonyl (C=O) groups excluding carboxylic acids is 1. The number of aromatic nitrogens is 3. The number of hydrogen-bond acceptors (Lipinski definition) is 6. The lowest BCUT2D eigenvalue weighted by molar-refractivity contribution is 0.0600. The summed E-state index contributed by atoms with van der Waals surface area (Å²) in [6.45, 7) is 2.07. The van der Waals surface area contributed by atoms with Gasteiger partial charge in [-0.05, 0) is 60.5 Å². The number of rotatable bonds is 7. The lowest BCUT2D eigenvalue weighted by Gasteiger charge is -2.13. The number of methoxy groups -OCH3 is 2. The number of hydrogen-bond donors (Lipinski definition) is 0. The molecule has 0 N–H and O–H groups in total. The fourth-order valence-electron chi connectivity index (χ4n) is 3.38. The second kappa shape index (κ2) is 9.70. The van der Waals surface area contributed by atoms with Crippen molar-refractivity contribution in [1.82, 2.24) is 14.8 Å². The van der Waals surface area contributed by atoms with Crippen LogP contribution in [0, 0.1) is 6.92 Å². The Hall–Kier alpha value is -3.58. The Morgan fingerprint density at radius 2 is 1.75 bits per heavy atom. The van der Waals surface area contributed by atoms with E-state index < -0.39 is 0 Å². The summed E-state index contributed by atoms with van der Waals surface area (Å²) in [4.78, 5) is 11.9. The molecule has 0 spiro atoms. The van der Waals surface area contributed by atoms with Crippen molar-refractivity contribution in [3.05, 3.63) is 89.5 Å². The van der Waals surface area contributed by atoms with Crippen molar-refractivity contribution in [3.8, 4) is 22.8 Å². The van der Waals surface area contributed by atoms with E-state index >= 15 is 0 Å². The van der Waals surface area contributed by atoms with Gasteiger partial charge in [-0.25, -0.2) is 4.79 Å². The Balaban J connectivity index is 1.70. The fraction of sp³-hybridized carbons (Fsp3) is 0.160. The third-order valence-corrected chi connectivity index (χ3v) is 6.05. The summed E-state index contributed by atoms with van der Waals surface area (Å²) in [5.41, 5.74) is 4.62. The molecule has 0 fully saturated rings. The van der Waals surface area contributed by atoms with Crippen LogP contribution in [0.4, 0.5) is 0 Å². The molecule has 6 nitrogen and oxygen atoms in total. The fourth-order valence-corrected chi connectivity index (χ4v) is 4.26. The van der Waals surface area contributed by atoms with Gasteiger partial charge in [0.05, 0.1) is 25.5 Å². The van der Waals surface area contributed by atoms with Crippen LogP contribution in [0.3, 0.4) is 0 Å². The molecule has 4 rings (SSSR count). The van der Waals surface area contributed by atoms with Crippen LogP contribution in [-0.2, 0) is 10.5 Å². The van der Waals surface area contributed by atoms with Crippen molar-refractivity contribution in [3.63, 3.8) is 0 Å². The zero-order valence-electron chi connectivity index (χ0n) is 18.1. The second-order valence-electron chi connectivity index (χ2n) is 7.14. The minimum Gasteiger partial charge on any atom is -0.497 e. The first-order chi connectivity index (χ1) is 15.6. The average Bonchev–Trinajstić information content (AvgIpc) is 3.26. The van der Waals surface area contributed by atoms with E-state index in [1.807, 2.05) is 54.6 Å². The monoisotopic (exact) mass is 445 g/mol. The van der Waals surface area contributed by atoms with Crippen LogP contribution in [0.25, 0.3) is 17.1 Å². The summed E-state index contributed by atoms with van der Waals surface area (Å²) in [5.74, 6) is 1.84. The Kier molecular flexibility index (Phi) is 6.56. The van der Waals surface area contributed by atoms with Crippen LogP contribution in [-0.4, -0.2) is 35.0 Å².